The molecule has 1 aromatic rings. The standard InChI is InChI=1S/C12H16N2.C2H6/c1-10-13-12(9-14(10)2)8-11-6-4-3-5-7-11;1-2/h3-7,12-13H,1,8-9H2,2H3;1-2H3. The summed E-state index contributed by atoms with van der Waals surface area (Å²) in [6.07, 6.45) is 1.07. The van der Waals surface area contributed by atoms with Crippen molar-refractivity contribution >= 4 is 0 Å². The van der Waals surface area contributed by atoms with Crippen LogP contribution in [0.5, 0.6) is 0 Å². The molecule has 0 bridgehead atoms. The first-order valence-electron chi connectivity index (χ1n) is 5.96. The summed E-state index contributed by atoms with van der Waals surface area (Å²) in [4.78, 5) is 2.16. The van der Waals surface area contributed by atoms with Crippen LogP contribution in [0.25, 0.3) is 0 Å². The minimum Gasteiger partial charge on any atom is -0.367 e. The second kappa shape index (κ2) is 6.21. The van der Waals surface area contributed by atoms with E-state index < -0.39 is 0 Å². The fourth-order valence-corrected chi connectivity index (χ4v) is 1.85. The first-order chi connectivity index (χ1) is 7.75. The Labute approximate surface area is 99.0 Å². The van der Waals surface area contributed by atoms with Crippen LogP contribution in [-0.4, -0.2) is 24.5 Å². The fraction of sp³-hybridized carbons (Fsp3) is 0.429. The molecule has 1 aliphatic rings. The first-order valence-corrected chi connectivity index (χ1v) is 5.96. The van der Waals surface area contributed by atoms with Gasteiger partial charge in [-0.05, 0) is 12.0 Å². The maximum atomic E-state index is 3.94. The van der Waals surface area contributed by atoms with Crippen molar-refractivity contribution in [3.8, 4) is 0 Å². The second-order valence-electron chi connectivity index (χ2n) is 3.86. The molecule has 2 rings (SSSR count). The van der Waals surface area contributed by atoms with Gasteiger partial charge in [0.2, 0.25) is 0 Å². The maximum absolute atomic E-state index is 3.94. The Morgan fingerprint density at radius 2 is 1.94 bits per heavy atom. The second-order valence-corrected chi connectivity index (χ2v) is 3.86. The van der Waals surface area contributed by atoms with Crippen molar-refractivity contribution in [2.45, 2.75) is 26.3 Å². The van der Waals surface area contributed by atoms with E-state index in [1.165, 1.54) is 5.56 Å². The average Bonchev–Trinajstić information content (AvgIpc) is 2.62. The Balaban J connectivity index is 0.000000606. The molecule has 0 radical (unpaired) electrons. The molecule has 0 amide bonds. The van der Waals surface area contributed by atoms with Gasteiger partial charge in [-0.1, -0.05) is 50.8 Å². The summed E-state index contributed by atoms with van der Waals surface area (Å²) in [7, 11) is 2.07. The van der Waals surface area contributed by atoms with Crippen LogP contribution in [0.3, 0.4) is 0 Å². The van der Waals surface area contributed by atoms with Gasteiger partial charge in [0, 0.05) is 19.6 Å². The Kier molecular flexibility index (Phi) is 4.90. The summed E-state index contributed by atoms with van der Waals surface area (Å²) in [6, 6.07) is 11.1. The summed E-state index contributed by atoms with van der Waals surface area (Å²) in [5.41, 5.74) is 1.38. The predicted molar refractivity (Wildman–Crippen MR) is 70.2 cm³/mol. The lowest BCUT2D eigenvalue weighted by atomic mass is 10.1. The third-order valence-corrected chi connectivity index (χ3v) is 2.65. The Bertz CT molecular complexity index is 319. The molecule has 1 aromatic carbocycles. The zero-order chi connectivity index (χ0) is 12.0. The number of hydrogen-bond donors (Lipinski definition) is 1. The highest BCUT2D eigenvalue weighted by atomic mass is 15.3. The van der Waals surface area contributed by atoms with Gasteiger partial charge in [-0.15, -0.1) is 0 Å². The van der Waals surface area contributed by atoms with E-state index in [9.17, 15) is 0 Å². The molecule has 0 aliphatic carbocycles. The zero-order valence-corrected chi connectivity index (χ0v) is 10.5. The Morgan fingerprint density at radius 1 is 1.31 bits per heavy atom. The zero-order valence-electron chi connectivity index (χ0n) is 10.5. The summed E-state index contributed by atoms with van der Waals surface area (Å²) >= 11 is 0. The molecule has 2 heteroatoms. The van der Waals surface area contributed by atoms with Crippen molar-refractivity contribution in [2.75, 3.05) is 13.6 Å². The van der Waals surface area contributed by atoms with E-state index in [0.29, 0.717) is 6.04 Å². The molecule has 2 nitrogen and oxygen atoms in total. The molecule has 1 unspecified atom stereocenters. The molecular formula is C14H22N2. The van der Waals surface area contributed by atoms with Gasteiger partial charge in [0.15, 0.2) is 0 Å². The Morgan fingerprint density at radius 3 is 2.44 bits per heavy atom. The molecule has 1 fully saturated rings. The highest BCUT2D eigenvalue weighted by molar-refractivity contribution is 5.17. The average molecular weight is 218 g/mol. The third kappa shape index (κ3) is 3.30. The molecule has 1 atom stereocenters. The molecule has 0 saturated carbocycles. The molecule has 16 heavy (non-hydrogen) atoms. The van der Waals surface area contributed by atoms with Gasteiger partial charge in [0.05, 0.1) is 5.82 Å². The molecular weight excluding hydrogens is 196 g/mol. The number of likely N-dealkylation sites (N-methyl/N-ethyl adjacent to an activating group) is 1. The van der Waals surface area contributed by atoms with Crippen LogP contribution < -0.4 is 5.32 Å². The molecule has 88 valence electrons. The van der Waals surface area contributed by atoms with Crippen molar-refractivity contribution in [3.63, 3.8) is 0 Å². The maximum Gasteiger partial charge on any atom is 0.0939 e. The number of hydrogen-bond acceptors (Lipinski definition) is 2. The molecule has 1 saturated heterocycles. The Hall–Kier alpha value is -1.44. The highest BCUT2D eigenvalue weighted by Gasteiger charge is 2.20. The van der Waals surface area contributed by atoms with E-state index in [-0.39, 0.29) is 0 Å². The minimum absolute atomic E-state index is 0.509. The highest BCUT2D eigenvalue weighted by Crippen LogP contribution is 2.12. The summed E-state index contributed by atoms with van der Waals surface area (Å²) in [5.74, 6) is 1.03. The first kappa shape index (κ1) is 12.6. The number of nitrogens with one attached hydrogen (secondary N) is 1. The number of nitrogens with zero attached hydrogens (tertiary/aromatic N) is 1. The van der Waals surface area contributed by atoms with Gasteiger partial charge in [0.25, 0.3) is 0 Å². The van der Waals surface area contributed by atoms with Crippen molar-refractivity contribution in [2.24, 2.45) is 0 Å². The number of benzene rings is 1. The summed E-state index contributed by atoms with van der Waals surface area (Å²) in [6.45, 7) is 8.99. The normalized spacial score (nSPS) is 18.8. The van der Waals surface area contributed by atoms with E-state index in [2.05, 4.69) is 54.2 Å². The van der Waals surface area contributed by atoms with E-state index in [4.69, 9.17) is 0 Å². The van der Waals surface area contributed by atoms with Crippen molar-refractivity contribution in [3.05, 3.63) is 48.3 Å². The smallest absolute Gasteiger partial charge is 0.0939 e. The topological polar surface area (TPSA) is 15.3 Å². The largest absolute Gasteiger partial charge is 0.367 e. The van der Waals surface area contributed by atoms with E-state index >= 15 is 0 Å². The monoisotopic (exact) mass is 218 g/mol. The van der Waals surface area contributed by atoms with Gasteiger partial charge in [-0.25, -0.2) is 0 Å². The predicted octanol–water partition coefficient (Wildman–Crippen LogP) is 2.63. The fourth-order valence-electron chi connectivity index (χ4n) is 1.85. The summed E-state index contributed by atoms with van der Waals surface area (Å²) < 4.78 is 0. The van der Waals surface area contributed by atoms with Crippen LogP contribution in [0.1, 0.15) is 19.4 Å². The number of rotatable bonds is 2. The molecule has 1 aliphatic heterocycles. The van der Waals surface area contributed by atoms with Crippen LogP contribution >= 0.6 is 0 Å². The SMILES string of the molecule is C=C1NC(Cc2ccccc2)CN1C.CC. The molecule has 0 aromatic heterocycles. The lowest BCUT2D eigenvalue weighted by Crippen LogP contribution is -2.25. The molecule has 0 spiro atoms. The van der Waals surface area contributed by atoms with Crippen LogP contribution in [-0.2, 0) is 6.42 Å². The molecule has 1 N–H and O–H groups in total. The lowest BCUT2D eigenvalue weighted by molar-refractivity contribution is 0.464. The summed E-state index contributed by atoms with van der Waals surface area (Å²) in [5, 5.41) is 3.38. The van der Waals surface area contributed by atoms with Gasteiger partial charge in [0.1, 0.15) is 0 Å². The van der Waals surface area contributed by atoms with Gasteiger partial charge in [-0.2, -0.15) is 0 Å². The van der Waals surface area contributed by atoms with Gasteiger partial charge >= 0.3 is 0 Å². The van der Waals surface area contributed by atoms with E-state index in [1.54, 1.807) is 0 Å². The van der Waals surface area contributed by atoms with Gasteiger partial charge in [-0.3, -0.25) is 0 Å². The van der Waals surface area contributed by atoms with Crippen LogP contribution in [0, 0.1) is 0 Å². The van der Waals surface area contributed by atoms with E-state index in [1.807, 2.05) is 13.8 Å². The lowest BCUT2D eigenvalue weighted by Gasteiger charge is -2.09. The minimum atomic E-state index is 0.509. The van der Waals surface area contributed by atoms with Crippen LogP contribution in [0.2, 0.25) is 0 Å². The quantitative estimate of drug-likeness (QED) is 0.821. The van der Waals surface area contributed by atoms with Crippen molar-refractivity contribution in [1.82, 2.24) is 10.2 Å². The van der Waals surface area contributed by atoms with Gasteiger partial charge < -0.3 is 10.2 Å². The third-order valence-electron chi connectivity index (χ3n) is 2.65. The van der Waals surface area contributed by atoms with Crippen molar-refractivity contribution < 1.29 is 0 Å². The van der Waals surface area contributed by atoms with E-state index in [0.717, 1.165) is 18.8 Å². The van der Waals surface area contributed by atoms with Crippen molar-refractivity contribution in [1.29, 1.82) is 0 Å². The van der Waals surface area contributed by atoms with Crippen LogP contribution in [0.4, 0.5) is 0 Å². The van der Waals surface area contributed by atoms with Crippen LogP contribution in [0.15, 0.2) is 42.7 Å². The molecule has 1 heterocycles.